The second kappa shape index (κ2) is 16.4. The van der Waals surface area contributed by atoms with Crippen LogP contribution in [0.15, 0.2) is 194 Å². The molecule has 290 valence electrons. The molecule has 0 atom stereocenters. The maximum atomic E-state index is 6.23. The third kappa shape index (κ3) is 7.63. The quantitative estimate of drug-likeness (QED) is 0.131. The number of hydrogen-bond acceptors (Lipinski definition) is 7. The zero-order valence-corrected chi connectivity index (χ0v) is 33.6. The molecule has 0 aliphatic carbocycles. The van der Waals surface area contributed by atoms with Crippen LogP contribution in [0, 0.1) is 13.8 Å². The second-order valence-electron chi connectivity index (χ2n) is 15.0. The molecular formula is C51H38B2N6O2. The van der Waals surface area contributed by atoms with Gasteiger partial charge in [0, 0.05) is 35.3 Å². The summed E-state index contributed by atoms with van der Waals surface area (Å²) in [6.45, 7) is 3.70. The van der Waals surface area contributed by atoms with Gasteiger partial charge in [-0.15, -0.1) is 5.10 Å². The monoisotopic (exact) mass is 788 g/mol. The van der Waals surface area contributed by atoms with Crippen LogP contribution >= 0.6 is 0 Å². The highest BCUT2D eigenvalue weighted by Crippen LogP contribution is 2.31. The first kappa shape index (κ1) is 37.4. The average molecular weight is 789 g/mol. The van der Waals surface area contributed by atoms with Crippen molar-refractivity contribution in [3.8, 4) is 29.2 Å². The number of fused-ring (bicyclic) bond motifs is 3. The van der Waals surface area contributed by atoms with Crippen molar-refractivity contribution in [1.29, 1.82) is 0 Å². The first-order valence-electron chi connectivity index (χ1n) is 20.3. The number of benzene rings is 6. The number of aryl methyl sites for hydroxylation is 2. The van der Waals surface area contributed by atoms with Crippen molar-refractivity contribution in [2.24, 2.45) is 0 Å². The largest absolute Gasteiger partial charge is 0.439 e. The van der Waals surface area contributed by atoms with Gasteiger partial charge in [0.25, 0.3) is 5.95 Å². The van der Waals surface area contributed by atoms with Gasteiger partial charge >= 0.3 is 0 Å². The lowest BCUT2D eigenvalue weighted by molar-refractivity contribution is 0.463. The van der Waals surface area contributed by atoms with Crippen LogP contribution in [0.2, 0.25) is 0 Å². The molecule has 0 aliphatic heterocycles. The lowest BCUT2D eigenvalue weighted by Gasteiger charge is -2.17. The molecule has 0 amide bonds. The highest BCUT2D eigenvalue weighted by molar-refractivity contribution is 6.96. The summed E-state index contributed by atoms with van der Waals surface area (Å²) in [7, 11) is 0. The topological polar surface area (TPSA) is 87.8 Å². The fourth-order valence-corrected chi connectivity index (χ4v) is 8.18. The minimum Gasteiger partial charge on any atom is -0.439 e. The fraction of sp³-hybridized carbons (Fsp3) is 0.0392. The van der Waals surface area contributed by atoms with Crippen LogP contribution in [0.4, 0.5) is 0 Å². The molecule has 0 N–H and O–H groups in total. The third-order valence-electron chi connectivity index (χ3n) is 11.1. The fourth-order valence-electron chi connectivity index (χ4n) is 8.18. The van der Waals surface area contributed by atoms with E-state index in [1.807, 2.05) is 74.5 Å². The second-order valence-corrected chi connectivity index (χ2v) is 15.0. The lowest BCUT2D eigenvalue weighted by atomic mass is 9.37. The van der Waals surface area contributed by atoms with Gasteiger partial charge in [-0.25, -0.2) is 15.0 Å². The Morgan fingerprint density at radius 2 is 0.869 bits per heavy atom. The number of rotatable bonds is 11. The van der Waals surface area contributed by atoms with E-state index in [9.17, 15) is 0 Å². The predicted molar refractivity (Wildman–Crippen MR) is 247 cm³/mol. The van der Waals surface area contributed by atoms with Gasteiger partial charge in [0.15, 0.2) is 0 Å². The van der Waals surface area contributed by atoms with Gasteiger partial charge in [0.1, 0.15) is 11.5 Å². The first-order valence-corrected chi connectivity index (χ1v) is 20.3. The molecule has 6 aromatic carbocycles. The highest BCUT2D eigenvalue weighted by atomic mass is 16.5. The molecule has 0 fully saturated rings. The van der Waals surface area contributed by atoms with Crippen LogP contribution in [0.25, 0.3) is 27.8 Å². The van der Waals surface area contributed by atoms with Gasteiger partial charge in [-0.2, -0.15) is 5.10 Å². The molecule has 10 heteroatoms. The van der Waals surface area contributed by atoms with Crippen LogP contribution in [0.5, 0.6) is 23.3 Å². The first-order chi connectivity index (χ1) is 30.1. The van der Waals surface area contributed by atoms with E-state index in [0.717, 1.165) is 77.5 Å². The van der Waals surface area contributed by atoms with E-state index < -0.39 is 0 Å². The molecule has 0 spiro atoms. The molecule has 0 bridgehead atoms. The molecule has 8 nitrogen and oxygen atoms in total. The predicted octanol–water partition coefficient (Wildman–Crippen LogP) is 6.99. The van der Waals surface area contributed by atoms with Gasteiger partial charge in [-0.1, -0.05) is 154 Å². The van der Waals surface area contributed by atoms with Crippen molar-refractivity contribution in [3.63, 3.8) is 0 Å². The number of pyridine rings is 2. The summed E-state index contributed by atoms with van der Waals surface area (Å²) in [6.07, 6.45) is 3.47. The minimum absolute atomic E-state index is 0.109. The van der Waals surface area contributed by atoms with E-state index >= 15 is 0 Å². The molecule has 4 aromatic heterocycles. The smallest absolute Gasteiger partial charge is 0.254 e. The summed E-state index contributed by atoms with van der Waals surface area (Å²) in [5, 5.41) is 11.5. The molecule has 10 aromatic rings. The summed E-state index contributed by atoms with van der Waals surface area (Å²) in [6, 6.07) is 62.6. The summed E-state index contributed by atoms with van der Waals surface area (Å²) >= 11 is 0. The molecule has 0 aliphatic rings. The van der Waals surface area contributed by atoms with Crippen LogP contribution in [0.3, 0.4) is 0 Å². The van der Waals surface area contributed by atoms with Crippen LogP contribution in [0.1, 0.15) is 11.4 Å². The summed E-state index contributed by atoms with van der Waals surface area (Å²) in [4.78, 5) is 13.8. The molecule has 0 saturated carbocycles. The van der Waals surface area contributed by atoms with E-state index in [-0.39, 0.29) is 13.4 Å². The van der Waals surface area contributed by atoms with E-state index in [2.05, 4.69) is 141 Å². The molecule has 0 radical (unpaired) electrons. The Bertz CT molecular complexity index is 2950. The summed E-state index contributed by atoms with van der Waals surface area (Å²) in [5.74, 6) is 3.04. The standard InChI is InChI=1S/C51H38B2N6O2/c1-35-36(2)57-58-51(56-35)59-47-33-41(52(37-15-5-3-6-16-37)39-19-13-21-43(31-39)60-49-23-9-11-29-54-49)25-27-45(47)46-28-26-42(34-48(46)59)53(38-17-7-4-8-18-38)40-20-14-22-44(32-40)61-50-24-10-12-30-55-50/h3-34H,1-2H3. The SMILES string of the molecule is Cc1nnc(-n2c3cc(B(c4ccccc4)c4cccc(Oc5ccccn5)c4)ccc3c3ccc(B(c4ccccc4)c4cccc(Oc5ccccn5)c4)cc32)nc1C. The van der Waals surface area contributed by atoms with Crippen LogP contribution < -0.4 is 42.3 Å². The Kier molecular flexibility index (Phi) is 10.1. The maximum absolute atomic E-state index is 6.23. The zero-order valence-electron chi connectivity index (χ0n) is 33.6. The summed E-state index contributed by atoms with van der Waals surface area (Å²) in [5.41, 5.74) is 10.3. The Hall–Kier alpha value is -7.84. The van der Waals surface area contributed by atoms with Gasteiger partial charge < -0.3 is 9.47 Å². The summed E-state index contributed by atoms with van der Waals surface area (Å²) < 4.78 is 14.6. The molecule has 10 rings (SSSR count). The Balaban J connectivity index is 1.15. The van der Waals surface area contributed by atoms with Gasteiger partial charge in [0.05, 0.1) is 22.4 Å². The molecule has 4 heterocycles. The highest BCUT2D eigenvalue weighted by Gasteiger charge is 2.27. The number of aromatic nitrogens is 6. The van der Waals surface area contributed by atoms with Crippen molar-refractivity contribution in [2.75, 3.05) is 0 Å². The van der Waals surface area contributed by atoms with E-state index in [0.29, 0.717) is 17.7 Å². The lowest BCUT2D eigenvalue weighted by Crippen LogP contribution is -2.52. The van der Waals surface area contributed by atoms with Gasteiger partial charge in [-0.05, 0) is 62.4 Å². The third-order valence-corrected chi connectivity index (χ3v) is 11.1. The van der Waals surface area contributed by atoms with Crippen molar-refractivity contribution in [1.82, 2.24) is 29.7 Å². The molecule has 0 unspecified atom stereocenters. The van der Waals surface area contributed by atoms with Gasteiger partial charge in [0.2, 0.25) is 25.2 Å². The Morgan fingerprint density at radius 1 is 0.410 bits per heavy atom. The normalized spacial score (nSPS) is 11.1. The van der Waals surface area contributed by atoms with E-state index in [1.165, 1.54) is 0 Å². The van der Waals surface area contributed by atoms with Crippen molar-refractivity contribution in [2.45, 2.75) is 13.8 Å². The Labute approximate surface area is 354 Å². The number of hydrogen-bond donors (Lipinski definition) is 0. The Morgan fingerprint density at radius 3 is 1.33 bits per heavy atom. The average Bonchev–Trinajstić information content (AvgIpc) is 3.62. The van der Waals surface area contributed by atoms with Crippen molar-refractivity contribution in [3.05, 3.63) is 206 Å². The van der Waals surface area contributed by atoms with Crippen molar-refractivity contribution >= 4 is 68.0 Å². The number of nitrogens with zero attached hydrogens (tertiary/aromatic N) is 6. The van der Waals surface area contributed by atoms with Crippen molar-refractivity contribution < 1.29 is 9.47 Å². The van der Waals surface area contributed by atoms with E-state index in [1.54, 1.807) is 12.4 Å². The van der Waals surface area contributed by atoms with Crippen LogP contribution in [-0.4, -0.2) is 43.1 Å². The van der Waals surface area contributed by atoms with Crippen LogP contribution in [-0.2, 0) is 0 Å². The maximum Gasteiger partial charge on any atom is 0.254 e. The molecule has 61 heavy (non-hydrogen) atoms. The molecule has 0 saturated heterocycles. The zero-order chi connectivity index (χ0) is 41.1. The van der Waals surface area contributed by atoms with Gasteiger partial charge in [-0.3, -0.25) is 4.57 Å². The molecular weight excluding hydrogens is 750 g/mol. The van der Waals surface area contributed by atoms with E-state index in [4.69, 9.17) is 19.6 Å². The minimum atomic E-state index is -0.109. The number of ether oxygens (including phenoxy) is 2.